The summed E-state index contributed by atoms with van der Waals surface area (Å²) in [4.78, 5) is 24.1. The lowest BCUT2D eigenvalue weighted by molar-refractivity contribution is -0.121. The van der Waals surface area contributed by atoms with E-state index in [0.29, 0.717) is 24.3 Å². The Morgan fingerprint density at radius 3 is 2.54 bits per heavy atom. The highest BCUT2D eigenvalue weighted by Crippen LogP contribution is 2.23. The summed E-state index contributed by atoms with van der Waals surface area (Å²) in [5, 5.41) is 2.57. The van der Waals surface area contributed by atoms with Crippen molar-refractivity contribution in [3.05, 3.63) is 28.2 Å². The Labute approximate surface area is 168 Å². The second-order valence-electron chi connectivity index (χ2n) is 5.76. The van der Waals surface area contributed by atoms with Crippen LogP contribution in [-0.2, 0) is 4.79 Å². The van der Waals surface area contributed by atoms with Gasteiger partial charge >= 0.3 is 0 Å². The van der Waals surface area contributed by atoms with Crippen LogP contribution in [0, 0.1) is 0 Å². The Kier molecular flexibility index (Phi) is 10.9. The van der Waals surface area contributed by atoms with Crippen molar-refractivity contribution in [3.8, 4) is 5.75 Å². The number of amides is 2. The molecule has 0 bridgehead atoms. The van der Waals surface area contributed by atoms with Gasteiger partial charge in [0, 0.05) is 10.9 Å². The van der Waals surface area contributed by atoms with Crippen molar-refractivity contribution < 1.29 is 14.3 Å². The number of carbonyl (C=O) groups is 2. The highest BCUT2D eigenvalue weighted by Gasteiger charge is 2.15. The van der Waals surface area contributed by atoms with E-state index in [2.05, 4.69) is 45.9 Å². The standard InChI is InChI=1S/C18H26BrN3O3S/c1-3-5-7-8-16(23)21-22-18(26)20-17(24)14-12-13(19)9-10-15(14)25-11-6-4-2/h9-10,12H,3-8,11H2,1-2H3,(H,21,23)(H2,20,22,24,26). The van der Waals surface area contributed by atoms with Gasteiger partial charge in [-0.3, -0.25) is 25.8 Å². The smallest absolute Gasteiger partial charge is 0.261 e. The van der Waals surface area contributed by atoms with Crippen LogP contribution in [0.15, 0.2) is 22.7 Å². The third-order valence-corrected chi connectivity index (χ3v) is 4.19. The number of hydrogen-bond donors (Lipinski definition) is 3. The van der Waals surface area contributed by atoms with E-state index in [9.17, 15) is 9.59 Å². The number of nitrogens with one attached hydrogen (secondary N) is 3. The van der Waals surface area contributed by atoms with Crippen LogP contribution in [0.5, 0.6) is 5.75 Å². The molecule has 26 heavy (non-hydrogen) atoms. The van der Waals surface area contributed by atoms with E-state index in [-0.39, 0.29) is 11.0 Å². The van der Waals surface area contributed by atoms with Crippen LogP contribution in [0.3, 0.4) is 0 Å². The number of carbonyl (C=O) groups excluding carboxylic acids is 2. The molecule has 0 aliphatic carbocycles. The van der Waals surface area contributed by atoms with E-state index < -0.39 is 5.91 Å². The van der Waals surface area contributed by atoms with Gasteiger partial charge in [-0.15, -0.1) is 0 Å². The minimum absolute atomic E-state index is 0.0262. The topological polar surface area (TPSA) is 79.5 Å². The Morgan fingerprint density at radius 1 is 1.12 bits per heavy atom. The molecule has 0 radical (unpaired) electrons. The quantitative estimate of drug-likeness (QED) is 0.306. The van der Waals surface area contributed by atoms with Gasteiger partial charge in [-0.2, -0.15) is 0 Å². The second-order valence-corrected chi connectivity index (χ2v) is 7.08. The van der Waals surface area contributed by atoms with Gasteiger partial charge in [0.1, 0.15) is 5.75 Å². The van der Waals surface area contributed by atoms with Gasteiger partial charge < -0.3 is 4.74 Å². The number of hydrogen-bond acceptors (Lipinski definition) is 4. The number of thiocarbonyl (C=S) groups is 1. The first kappa shape index (κ1) is 22.4. The first-order valence-corrected chi connectivity index (χ1v) is 10.0. The zero-order valence-electron chi connectivity index (χ0n) is 15.2. The molecule has 0 fully saturated rings. The maximum atomic E-state index is 12.5. The fraction of sp³-hybridized carbons (Fsp3) is 0.500. The molecular formula is C18H26BrN3O3S. The zero-order chi connectivity index (χ0) is 19.4. The van der Waals surface area contributed by atoms with E-state index in [1.165, 1.54) is 0 Å². The molecule has 1 rings (SSSR count). The molecule has 0 spiro atoms. The van der Waals surface area contributed by atoms with Gasteiger partial charge in [0.2, 0.25) is 5.91 Å². The molecule has 0 unspecified atom stereocenters. The van der Waals surface area contributed by atoms with Gasteiger partial charge in [-0.05, 0) is 43.3 Å². The van der Waals surface area contributed by atoms with Crippen LogP contribution >= 0.6 is 28.1 Å². The number of unbranched alkanes of at least 4 members (excludes halogenated alkanes) is 3. The normalized spacial score (nSPS) is 10.1. The summed E-state index contributed by atoms with van der Waals surface area (Å²) in [6.45, 7) is 4.68. The molecule has 0 heterocycles. The monoisotopic (exact) mass is 443 g/mol. The third kappa shape index (κ3) is 8.62. The highest BCUT2D eigenvalue weighted by atomic mass is 79.9. The molecule has 1 aromatic carbocycles. The fourth-order valence-electron chi connectivity index (χ4n) is 2.06. The molecule has 144 valence electrons. The van der Waals surface area contributed by atoms with Crippen molar-refractivity contribution in [2.45, 2.75) is 52.4 Å². The molecule has 3 N–H and O–H groups in total. The zero-order valence-corrected chi connectivity index (χ0v) is 17.6. The number of ether oxygens (including phenoxy) is 1. The first-order chi connectivity index (χ1) is 12.5. The van der Waals surface area contributed by atoms with Gasteiger partial charge in [0.05, 0.1) is 12.2 Å². The minimum atomic E-state index is -0.407. The summed E-state index contributed by atoms with van der Waals surface area (Å²) in [5.41, 5.74) is 5.39. The summed E-state index contributed by atoms with van der Waals surface area (Å²) in [6.07, 6.45) is 5.19. The van der Waals surface area contributed by atoms with Gasteiger partial charge in [0.15, 0.2) is 5.11 Å². The van der Waals surface area contributed by atoms with Crippen LogP contribution in [0.1, 0.15) is 62.7 Å². The maximum Gasteiger partial charge on any atom is 0.261 e. The molecule has 0 aliphatic heterocycles. The molecule has 0 saturated carbocycles. The lowest BCUT2D eigenvalue weighted by Crippen LogP contribution is -2.48. The predicted molar refractivity (Wildman–Crippen MR) is 110 cm³/mol. The molecular weight excluding hydrogens is 418 g/mol. The van der Waals surface area contributed by atoms with Crippen LogP contribution in [0.2, 0.25) is 0 Å². The van der Waals surface area contributed by atoms with Crippen molar-refractivity contribution in [2.24, 2.45) is 0 Å². The van der Waals surface area contributed by atoms with Crippen molar-refractivity contribution >= 4 is 45.1 Å². The van der Waals surface area contributed by atoms with Crippen molar-refractivity contribution in [2.75, 3.05) is 6.61 Å². The first-order valence-electron chi connectivity index (χ1n) is 8.80. The fourth-order valence-corrected chi connectivity index (χ4v) is 2.56. The van der Waals surface area contributed by atoms with Gasteiger partial charge in [0.25, 0.3) is 5.91 Å². The Bertz CT molecular complexity index is 626. The Morgan fingerprint density at radius 2 is 1.85 bits per heavy atom. The lowest BCUT2D eigenvalue weighted by atomic mass is 10.2. The van der Waals surface area contributed by atoms with Gasteiger partial charge in [-0.25, -0.2) is 0 Å². The number of halogens is 1. The van der Waals surface area contributed by atoms with Gasteiger partial charge in [-0.1, -0.05) is 49.0 Å². The average molecular weight is 444 g/mol. The summed E-state index contributed by atoms with van der Waals surface area (Å²) >= 11 is 8.41. The second kappa shape index (κ2) is 12.6. The molecule has 8 heteroatoms. The molecule has 0 aromatic heterocycles. The minimum Gasteiger partial charge on any atom is -0.493 e. The molecule has 2 amide bonds. The number of hydrazine groups is 1. The van der Waals surface area contributed by atoms with E-state index in [0.717, 1.165) is 36.6 Å². The van der Waals surface area contributed by atoms with E-state index in [4.69, 9.17) is 17.0 Å². The average Bonchev–Trinajstić information content (AvgIpc) is 2.61. The molecule has 6 nitrogen and oxygen atoms in total. The number of benzene rings is 1. The molecule has 1 aromatic rings. The third-order valence-electron chi connectivity index (χ3n) is 3.49. The summed E-state index contributed by atoms with van der Waals surface area (Å²) in [6, 6.07) is 5.22. The number of rotatable bonds is 9. The molecule has 0 saturated heterocycles. The summed E-state index contributed by atoms with van der Waals surface area (Å²) < 4.78 is 6.43. The highest BCUT2D eigenvalue weighted by molar-refractivity contribution is 9.10. The molecule has 0 atom stereocenters. The van der Waals surface area contributed by atoms with Crippen molar-refractivity contribution in [1.29, 1.82) is 0 Å². The summed E-state index contributed by atoms with van der Waals surface area (Å²) in [5.74, 6) is -0.0813. The van der Waals surface area contributed by atoms with Crippen LogP contribution in [0.25, 0.3) is 0 Å². The van der Waals surface area contributed by atoms with Crippen LogP contribution in [0.4, 0.5) is 0 Å². The lowest BCUT2D eigenvalue weighted by Gasteiger charge is -2.14. The Hall–Kier alpha value is -1.67. The Balaban J connectivity index is 2.56. The van der Waals surface area contributed by atoms with E-state index in [1.807, 2.05) is 6.07 Å². The van der Waals surface area contributed by atoms with E-state index >= 15 is 0 Å². The van der Waals surface area contributed by atoms with Crippen LogP contribution in [-0.4, -0.2) is 23.5 Å². The maximum absolute atomic E-state index is 12.5. The molecule has 0 aliphatic rings. The van der Waals surface area contributed by atoms with Crippen molar-refractivity contribution in [3.63, 3.8) is 0 Å². The van der Waals surface area contributed by atoms with E-state index in [1.54, 1.807) is 12.1 Å². The predicted octanol–water partition coefficient (Wildman–Crippen LogP) is 3.84. The van der Waals surface area contributed by atoms with Crippen molar-refractivity contribution in [1.82, 2.24) is 16.2 Å². The SMILES string of the molecule is CCCCCC(=O)NNC(=S)NC(=O)c1cc(Br)ccc1OCCCC. The largest absolute Gasteiger partial charge is 0.493 e. The van der Waals surface area contributed by atoms with Crippen LogP contribution < -0.4 is 20.9 Å². The summed E-state index contributed by atoms with van der Waals surface area (Å²) in [7, 11) is 0.